The summed E-state index contributed by atoms with van der Waals surface area (Å²) in [6.45, 7) is 0. The fourth-order valence-electron chi connectivity index (χ4n) is 1.90. The van der Waals surface area contributed by atoms with E-state index in [0.29, 0.717) is 6.04 Å². The Morgan fingerprint density at radius 3 is 2.57 bits per heavy atom. The van der Waals surface area contributed by atoms with Gasteiger partial charge in [-0.2, -0.15) is 0 Å². The zero-order chi connectivity index (χ0) is 9.97. The fraction of sp³-hybridized carbons (Fsp3) is 0.455. The van der Waals surface area contributed by atoms with Crippen molar-refractivity contribution >= 4 is 28.9 Å². The number of hydrogen-bond acceptors (Lipinski definition) is 1. The summed E-state index contributed by atoms with van der Waals surface area (Å²) in [6, 6.07) is 6.11. The topological polar surface area (TPSA) is 12.0 Å². The number of anilines is 1. The first-order chi connectivity index (χ1) is 6.75. The van der Waals surface area contributed by atoms with Gasteiger partial charge in [-0.1, -0.05) is 36.0 Å². The molecule has 76 valence electrons. The Balaban J connectivity index is 2.10. The lowest BCUT2D eigenvalue weighted by molar-refractivity contribution is 0.755. The van der Waals surface area contributed by atoms with Crippen molar-refractivity contribution in [2.75, 3.05) is 5.32 Å². The minimum absolute atomic E-state index is 0.575. The smallest absolute Gasteiger partial charge is 0.0638 e. The van der Waals surface area contributed by atoms with E-state index in [0.717, 1.165) is 15.7 Å². The molecule has 1 aromatic rings. The molecule has 0 spiro atoms. The molecular formula is C11H13Cl2N. The Morgan fingerprint density at radius 1 is 1.14 bits per heavy atom. The van der Waals surface area contributed by atoms with E-state index in [-0.39, 0.29) is 0 Å². The molecule has 1 saturated carbocycles. The molecule has 1 aliphatic carbocycles. The lowest BCUT2D eigenvalue weighted by Crippen LogP contribution is -2.14. The van der Waals surface area contributed by atoms with Crippen LogP contribution in [-0.2, 0) is 0 Å². The van der Waals surface area contributed by atoms with Crippen LogP contribution in [0, 0.1) is 0 Å². The minimum atomic E-state index is 0.575. The second kappa shape index (κ2) is 4.41. The summed E-state index contributed by atoms with van der Waals surface area (Å²) < 4.78 is 0. The van der Waals surface area contributed by atoms with Crippen LogP contribution in [0.1, 0.15) is 25.7 Å². The number of nitrogens with one attached hydrogen (secondary N) is 1. The lowest BCUT2D eigenvalue weighted by atomic mass is 10.2. The molecular weight excluding hydrogens is 217 g/mol. The van der Waals surface area contributed by atoms with E-state index in [2.05, 4.69) is 5.32 Å². The normalized spacial score (nSPS) is 17.3. The summed E-state index contributed by atoms with van der Waals surface area (Å²) >= 11 is 12.0. The van der Waals surface area contributed by atoms with Gasteiger partial charge in [0, 0.05) is 11.1 Å². The van der Waals surface area contributed by atoms with Crippen molar-refractivity contribution in [3.8, 4) is 0 Å². The molecule has 0 aromatic heterocycles. The maximum absolute atomic E-state index is 6.05. The van der Waals surface area contributed by atoms with Crippen LogP contribution in [0.2, 0.25) is 10.0 Å². The third-order valence-electron chi connectivity index (χ3n) is 2.64. The second-order valence-corrected chi connectivity index (χ2v) is 4.59. The highest BCUT2D eigenvalue weighted by atomic mass is 35.5. The van der Waals surface area contributed by atoms with E-state index in [1.807, 2.05) is 18.2 Å². The first-order valence-electron chi connectivity index (χ1n) is 4.97. The summed E-state index contributed by atoms with van der Waals surface area (Å²) in [6.07, 6.45) is 5.11. The van der Waals surface area contributed by atoms with E-state index in [1.54, 1.807) is 0 Å². The van der Waals surface area contributed by atoms with Crippen molar-refractivity contribution in [3.63, 3.8) is 0 Å². The van der Waals surface area contributed by atoms with E-state index in [4.69, 9.17) is 23.2 Å². The van der Waals surface area contributed by atoms with Gasteiger partial charge in [0.05, 0.1) is 10.7 Å². The van der Waals surface area contributed by atoms with Crippen LogP contribution in [0.5, 0.6) is 0 Å². The van der Waals surface area contributed by atoms with E-state index >= 15 is 0 Å². The molecule has 3 heteroatoms. The van der Waals surface area contributed by atoms with Crippen LogP contribution in [0.25, 0.3) is 0 Å². The molecule has 0 saturated heterocycles. The van der Waals surface area contributed by atoms with Gasteiger partial charge < -0.3 is 5.32 Å². The molecule has 1 aliphatic rings. The largest absolute Gasteiger partial charge is 0.381 e. The molecule has 0 radical (unpaired) electrons. The standard InChI is InChI=1S/C11H13Cl2N/c12-8-5-6-10(13)11(7-8)14-9-3-1-2-4-9/h5-7,9,14H,1-4H2. The number of rotatable bonds is 2. The molecule has 2 rings (SSSR count). The Bertz CT molecular complexity index is 319. The third-order valence-corrected chi connectivity index (χ3v) is 3.21. The summed E-state index contributed by atoms with van der Waals surface area (Å²) in [4.78, 5) is 0. The highest BCUT2D eigenvalue weighted by Crippen LogP contribution is 2.29. The van der Waals surface area contributed by atoms with Gasteiger partial charge >= 0.3 is 0 Å². The molecule has 1 fully saturated rings. The molecule has 0 unspecified atom stereocenters. The van der Waals surface area contributed by atoms with Crippen LogP contribution in [-0.4, -0.2) is 6.04 Å². The monoisotopic (exact) mass is 229 g/mol. The van der Waals surface area contributed by atoms with Gasteiger partial charge in [-0.3, -0.25) is 0 Å². The highest BCUT2D eigenvalue weighted by molar-refractivity contribution is 6.35. The van der Waals surface area contributed by atoms with Crippen molar-refractivity contribution in [3.05, 3.63) is 28.2 Å². The van der Waals surface area contributed by atoms with Gasteiger partial charge in [-0.25, -0.2) is 0 Å². The first-order valence-corrected chi connectivity index (χ1v) is 5.73. The molecule has 1 aromatic carbocycles. The van der Waals surface area contributed by atoms with Gasteiger partial charge in [0.1, 0.15) is 0 Å². The first kappa shape index (κ1) is 10.1. The quantitative estimate of drug-likeness (QED) is 0.796. The predicted molar refractivity (Wildman–Crippen MR) is 62.3 cm³/mol. The summed E-state index contributed by atoms with van der Waals surface area (Å²) in [5, 5.41) is 4.92. The molecule has 1 N–H and O–H groups in total. The third kappa shape index (κ3) is 2.34. The van der Waals surface area contributed by atoms with Crippen molar-refractivity contribution < 1.29 is 0 Å². The molecule has 0 amide bonds. The average molecular weight is 230 g/mol. The SMILES string of the molecule is Clc1ccc(Cl)c(NC2CCCC2)c1. The number of benzene rings is 1. The maximum Gasteiger partial charge on any atom is 0.0638 e. The van der Waals surface area contributed by atoms with Gasteiger partial charge in [0.25, 0.3) is 0 Å². The minimum Gasteiger partial charge on any atom is -0.381 e. The summed E-state index contributed by atoms with van der Waals surface area (Å²) in [5.74, 6) is 0. The van der Waals surface area contributed by atoms with Gasteiger partial charge in [-0.05, 0) is 31.0 Å². The maximum atomic E-state index is 6.05. The van der Waals surface area contributed by atoms with Crippen molar-refractivity contribution in [1.82, 2.24) is 0 Å². The second-order valence-electron chi connectivity index (χ2n) is 3.75. The Kier molecular flexibility index (Phi) is 3.19. The average Bonchev–Trinajstić information content (AvgIpc) is 2.64. The molecule has 0 aliphatic heterocycles. The zero-order valence-electron chi connectivity index (χ0n) is 7.89. The fourth-order valence-corrected chi connectivity index (χ4v) is 2.24. The molecule has 0 bridgehead atoms. The van der Waals surface area contributed by atoms with E-state index in [1.165, 1.54) is 25.7 Å². The van der Waals surface area contributed by atoms with Crippen molar-refractivity contribution in [2.24, 2.45) is 0 Å². The van der Waals surface area contributed by atoms with Crippen LogP contribution in [0.4, 0.5) is 5.69 Å². The van der Waals surface area contributed by atoms with Gasteiger partial charge in [0.2, 0.25) is 0 Å². The molecule has 0 atom stereocenters. The van der Waals surface area contributed by atoms with Crippen molar-refractivity contribution in [1.29, 1.82) is 0 Å². The Hall–Kier alpha value is -0.400. The van der Waals surface area contributed by atoms with Crippen LogP contribution in [0.3, 0.4) is 0 Å². The van der Waals surface area contributed by atoms with Crippen molar-refractivity contribution in [2.45, 2.75) is 31.7 Å². The van der Waals surface area contributed by atoms with E-state index < -0.39 is 0 Å². The van der Waals surface area contributed by atoms with E-state index in [9.17, 15) is 0 Å². The Labute approximate surface area is 94.4 Å². The van der Waals surface area contributed by atoms with Gasteiger partial charge in [0.15, 0.2) is 0 Å². The van der Waals surface area contributed by atoms with Crippen LogP contribution >= 0.6 is 23.2 Å². The lowest BCUT2D eigenvalue weighted by Gasteiger charge is -2.14. The summed E-state index contributed by atoms with van der Waals surface area (Å²) in [5.41, 5.74) is 0.964. The molecule has 1 nitrogen and oxygen atoms in total. The van der Waals surface area contributed by atoms with Crippen LogP contribution in [0.15, 0.2) is 18.2 Å². The number of hydrogen-bond donors (Lipinski definition) is 1. The van der Waals surface area contributed by atoms with Gasteiger partial charge in [-0.15, -0.1) is 0 Å². The highest BCUT2D eigenvalue weighted by Gasteiger charge is 2.15. The molecule has 14 heavy (non-hydrogen) atoms. The predicted octanol–water partition coefficient (Wildman–Crippen LogP) is 4.35. The molecule has 0 heterocycles. The van der Waals surface area contributed by atoms with Crippen LogP contribution < -0.4 is 5.32 Å². The summed E-state index contributed by atoms with van der Waals surface area (Å²) in [7, 11) is 0. The zero-order valence-corrected chi connectivity index (χ0v) is 9.41. The number of halogens is 2. The Morgan fingerprint density at radius 2 is 1.86 bits per heavy atom.